The fraction of sp³-hybridized carbons (Fsp3) is 0.480. The highest BCUT2D eigenvalue weighted by molar-refractivity contribution is 6.37. The third kappa shape index (κ3) is 6.84. The van der Waals surface area contributed by atoms with E-state index in [9.17, 15) is 4.79 Å². The Bertz CT molecular complexity index is 887. The molecule has 0 radical (unpaired) electrons. The molecular weight excluding hydrogens is 463 g/mol. The van der Waals surface area contributed by atoms with Gasteiger partial charge in [0.1, 0.15) is 25.2 Å². The number of aryl methyl sites for hydroxylation is 1. The maximum absolute atomic E-state index is 11.8. The predicted octanol–water partition coefficient (Wildman–Crippen LogP) is 4.69. The van der Waals surface area contributed by atoms with Gasteiger partial charge in [0.2, 0.25) is 0 Å². The number of carbonyl (C=O) groups excluding carboxylic acids is 1. The average molecular weight is 495 g/mol. The van der Waals surface area contributed by atoms with Crippen molar-refractivity contribution in [2.24, 2.45) is 11.7 Å². The van der Waals surface area contributed by atoms with Crippen LogP contribution in [0.1, 0.15) is 30.0 Å². The van der Waals surface area contributed by atoms with E-state index in [2.05, 4.69) is 4.90 Å². The Labute approximate surface area is 205 Å². The minimum Gasteiger partial charge on any atom is -0.490 e. The number of carbonyl (C=O) groups is 1. The van der Waals surface area contributed by atoms with Crippen LogP contribution < -0.4 is 15.2 Å². The molecule has 3 unspecified atom stereocenters. The van der Waals surface area contributed by atoms with Gasteiger partial charge in [-0.15, -0.1) is 0 Å². The van der Waals surface area contributed by atoms with Gasteiger partial charge in [-0.2, -0.15) is 0 Å². The summed E-state index contributed by atoms with van der Waals surface area (Å²) in [6.45, 7) is 4.55. The van der Waals surface area contributed by atoms with Gasteiger partial charge in [0, 0.05) is 32.2 Å². The maximum atomic E-state index is 11.8. The molecule has 0 spiro atoms. The number of piperidine rings is 1. The van der Waals surface area contributed by atoms with Crippen molar-refractivity contribution in [2.75, 3.05) is 40.0 Å². The van der Waals surface area contributed by atoms with Crippen LogP contribution in [-0.4, -0.2) is 57.2 Å². The lowest BCUT2D eigenvalue weighted by Gasteiger charge is -2.40. The number of benzene rings is 2. The normalized spacial score (nSPS) is 18.5. The topological polar surface area (TPSA) is 74.0 Å². The van der Waals surface area contributed by atoms with E-state index in [1.807, 2.05) is 43.3 Å². The lowest BCUT2D eigenvalue weighted by atomic mass is 9.90. The summed E-state index contributed by atoms with van der Waals surface area (Å²) in [4.78, 5) is 14.1. The van der Waals surface area contributed by atoms with E-state index in [1.165, 1.54) is 0 Å². The lowest BCUT2D eigenvalue weighted by molar-refractivity contribution is -0.113. The third-order valence-corrected chi connectivity index (χ3v) is 6.51. The van der Waals surface area contributed by atoms with Gasteiger partial charge in [0.05, 0.1) is 16.1 Å². The number of rotatable bonds is 11. The standard InChI is InChI=1S/C25H32Cl2N2O4/c1-17-12-22(26)25(23(27)13-17)33-11-10-32-20-7-5-18(6-8-20)24(19(14-28)16-30)29-9-3-4-21(15-29)31-2/h5-8,12-13,16,19,21,24H,3-4,9-11,14-15,28H2,1-2H3. The van der Waals surface area contributed by atoms with Crippen LogP contribution in [0.25, 0.3) is 0 Å². The van der Waals surface area contributed by atoms with Crippen molar-refractivity contribution in [3.63, 3.8) is 0 Å². The molecule has 33 heavy (non-hydrogen) atoms. The Morgan fingerprint density at radius 1 is 1.15 bits per heavy atom. The number of hydrogen-bond acceptors (Lipinski definition) is 6. The molecule has 0 bridgehead atoms. The molecule has 0 aromatic heterocycles. The second-order valence-corrected chi connectivity index (χ2v) is 9.11. The van der Waals surface area contributed by atoms with E-state index in [0.29, 0.717) is 41.3 Å². The molecule has 1 fully saturated rings. The quantitative estimate of drug-likeness (QED) is 0.360. The summed E-state index contributed by atoms with van der Waals surface area (Å²) in [5, 5.41) is 0.960. The number of aldehydes is 1. The summed E-state index contributed by atoms with van der Waals surface area (Å²) in [5.41, 5.74) is 7.95. The molecule has 0 amide bonds. The summed E-state index contributed by atoms with van der Waals surface area (Å²) in [5.74, 6) is 0.888. The molecule has 1 aliphatic rings. The lowest BCUT2D eigenvalue weighted by Crippen LogP contribution is -2.45. The molecule has 1 saturated heterocycles. The maximum Gasteiger partial charge on any atom is 0.156 e. The van der Waals surface area contributed by atoms with E-state index in [4.69, 9.17) is 43.1 Å². The molecule has 3 atom stereocenters. The smallest absolute Gasteiger partial charge is 0.156 e. The minimum absolute atomic E-state index is 0.0892. The Morgan fingerprint density at radius 2 is 1.82 bits per heavy atom. The van der Waals surface area contributed by atoms with Gasteiger partial charge in [-0.05, 0) is 61.7 Å². The van der Waals surface area contributed by atoms with Crippen LogP contribution >= 0.6 is 23.2 Å². The number of nitrogens with zero attached hydrogens (tertiary/aromatic N) is 1. The van der Waals surface area contributed by atoms with Crippen molar-refractivity contribution in [3.8, 4) is 11.5 Å². The summed E-state index contributed by atoms with van der Waals surface area (Å²) >= 11 is 12.4. The highest BCUT2D eigenvalue weighted by Crippen LogP contribution is 2.34. The molecule has 3 rings (SSSR count). The molecule has 0 saturated carbocycles. The number of likely N-dealkylation sites (tertiary alicyclic amines) is 1. The number of nitrogens with two attached hydrogens (primary N) is 1. The van der Waals surface area contributed by atoms with Gasteiger partial charge in [-0.25, -0.2) is 0 Å². The molecule has 1 heterocycles. The largest absolute Gasteiger partial charge is 0.490 e. The molecule has 8 heteroatoms. The molecule has 2 N–H and O–H groups in total. The number of halogens is 2. The van der Waals surface area contributed by atoms with E-state index >= 15 is 0 Å². The SMILES string of the molecule is COC1CCCN(C(c2ccc(OCCOc3c(Cl)cc(C)cc3Cl)cc2)C(C=O)CN)C1. The summed E-state index contributed by atoms with van der Waals surface area (Å²) in [7, 11) is 1.74. The Kier molecular flexibility index (Phi) is 9.83. The van der Waals surface area contributed by atoms with Gasteiger partial charge in [-0.3, -0.25) is 4.90 Å². The number of ether oxygens (including phenoxy) is 3. The van der Waals surface area contributed by atoms with Crippen molar-refractivity contribution in [1.82, 2.24) is 4.90 Å². The first-order chi connectivity index (χ1) is 16.0. The molecular formula is C25H32Cl2N2O4. The van der Waals surface area contributed by atoms with Gasteiger partial charge in [0.15, 0.2) is 5.75 Å². The zero-order valence-corrected chi connectivity index (χ0v) is 20.6. The highest BCUT2D eigenvalue weighted by atomic mass is 35.5. The van der Waals surface area contributed by atoms with Gasteiger partial charge in [-0.1, -0.05) is 35.3 Å². The highest BCUT2D eigenvalue weighted by Gasteiger charge is 2.32. The zero-order valence-electron chi connectivity index (χ0n) is 19.1. The van der Waals surface area contributed by atoms with Crippen LogP contribution in [0.3, 0.4) is 0 Å². The third-order valence-electron chi connectivity index (χ3n) is 5.95. The van der Waals surface area contributed by atoms with Gasteiger partial charge in [0.25, 0.3) is 0 Å². The first-order valence-corrected chi connectivity index (χ1v) is 12.0. The fourth-order valence-corrected chi connectivity index (χ4v) is 4.99. The molecule has 6 nitrogen and oxygen atoms in total. The second kappa shape index (κ2) is 12.6. The van der Waals surface area contributed by atoms with Crippen molar-refractivity contribution in [2.45, 2.75) is 31.9 Å². The van der Waals surface area contributed by atoms with E-state index < -0.39 is 0 Å². The molecule has 180 valence electrons. The predicted molar refractivity (Wildman–Crippen MR) is 132 cm³/mol. The van der Waals surface area contributed by atoms with Crippen LogP contribution in [0.4, 0.5) is 0 Å². The van der Waals surface area contributed by atoms with Crippen LogP contribution in [0.2, 0.25) is 10.0 Å². The second-order valence-electron chi connectivity index (χ2n) is 8.30. The average Bonchev–Trinajstić information content (AvgIpc) is 2.82. The van der Waals surface area contributed by atoms with E-state index in [1.54, 1.807) is 7.11 Å². The number of methoxy groups -OCH3 is 1. The van der Waals surface area contributed by atoms with Crippen LogP contribution in [-0.2, 0) is 9.53 Å². The van der Waals surface area contributed by atoms with Gasteiger partial charge < -0.3 is 24.7 Å². The van der Waals surface area contributed by atoms with Gasteiger partial charge >= 0.3 is 0 Å². The molecule has 2 aromatic carbocycles. The van der Waals surface area contributed by atoms with Crippen molar-refractivity contribution in [1.29, 1.82) is 0 Å². The van der Waals surface area contributed by atoms with Crippen LogP contribution in [0.5, 0.6) is 11.5 Å². The molecule has 0 aliphatic carbocycles. The Morgan fingerprint density at radius 3 is 2.42 bits per heavy atom. The Hall–Kier alpha value is -1.83. The molecule has 2 aromatic rings. The Balaban J connectivity index is 1.61. The number of hydrogen-bond donors (Lipinski definition) is 1. The fourth-order valence-electron chi connectivity index (χ4n) is 4.29. The summed E-state index contributed by atoms with van der Waals surface area (Å²) < 4.78 is 17.1. The first kappa shape index (κ1) is 25.8. The van der Waals surface area contributed by atoms with Crippen LogP contribution in [0, 0.1) is 12.8 Å². The van der Waals surface area contributed by atoms with Crippen molar-refractivity contribution < 1.29 is 19.0 Å². The van der Waals surface area contributed by atoms with E-state index in [0.717, 1.165) is 43.3 Å². The minimum atomic E-state index is -0.287. The molecule has 1 aliphatic heterocycles. The van der Waals surface area contributed by atoms with E-state index in [-0.39, 0.29) is 18.1 Å². The van der Waals surface area contributed by atoms with Crippen molar-refractivity contribution in [3.05, 3.63) is 57.6 Å². The first-order valence-electron chi connectivity index (χ1n) is 11.2. The summed E-state index contributed by atoms with van der Waals surface area (Å²) in [6, 6.07) is 11.3. The monoisotopic (exact) mass is 494 g/mol. The zero-order chi connectivity index (χ0) is 23.8. The van der Waals surface area contributed by atoms with Crippen LogP contribution in [0.15, 0.2) is 36.4 Å². The van der Waals surface area contributed by atoms with Crippen molar-refractivity contribution >= 4 is 29.5 Å². The summed E-state index contributed by atoms with van der Waals surface area (Å²) in [6.07, 6.45) is 3.19.